The van der Waals surface area contributed by atoms with E-state index in [9.17, 15) is 4.79 Å². The average Bonchev–Trinajstić information content (AvgIpc) is 2.60. The Morgan fingerprint density at radius 3 is 2.71 bits per heavy atom. The molecule has 3 nitrogen and oxygen atoms in total. The minimum Gasteiger partial charge on any atom is -0.479 e. The van der Waals surface area contributed by atoms with E-state index in [1.165, 1.54) is 10.8 Å². The van der Waals surface area contributed by atoms with Crippen LogP contribution in [-0.4, -0.2) is 12.0 Å². The molecule has 3 aromatic rings. The average molecular weight is 317 g/mol. The highest BCUT2D eigenvalue weighted by atomic mass is 16.5. The number of aryl methyl sites for hydroxylation is 1. The van der Waals surface area contributed by atoms with Crippen molar-refractivity contribution in [1.82, 2.24) is 0 Å². The summed E-state index contributed by atoms with van der Waals surface area (Å²) in [6.07, 6.45) is -0.463. The van der Waals surface area contributed by atoms with Crippen LogP contribution in [0, 0.1) is 6.92 Å². The van der Waals surface area contributed by atoms with E-state index in [1.807, 2.05) is 48.2 Å². The number of benzene rings is 3. The predicted octanol–water partition coefficient (Wildman–Crippen LogP) is 4.46. The number of nitrogens with zero attached hydrogens (tertiary/aromatic N) is 1. The van der Waals surface area contributed by atoms with Crippen LogP contribution in [0.2, 0.25) is 0 Å². The molecule has 0 saturated carbocycles. The number of hydrogen-bond acceptors (Lipinski definition) is 2. The van der Waals surface area contributed by atoms with Crippen molar-refractivity contribution >= 4 is 22.4 Å². The minimum absolute atomic E-state index is 0.000958. The van der Waals surface area contributed by atoms with Crippen molar-refractivity contribution in [1.29, 1.82) is 0 Å². The molecule has 1 amide bonds. The molecule has 0 aromatic heterocycles. The normalized spacial score (nSPS) is 16.8. The third-order valence-corrected chi connectivity index (χ3v) is 4.53. The van der Waals surface area contributed by atoms with Gasteiger partial charge in [0.25, 0.3) is 5.91 Å². The van der Waals surface area contributed by atoms with Gasteiger partial charge in [-0.25, -0.2) is 0 Å². The monoisotopic (exact) mass is 317 g/mol. The van der Waals surface area contributed by atoms with Crippen molar-refractivity contribution in [3.05, 3.63) is 71.8 Å². The fraction of sp³-hybridized carbons (Fsp3) is 0.190. The van der Waals surface area contributed by atoms with Crippen LogP contribution in [0.25, 0.3) is 10.8 Å². The van der Waals surface area contributed by atoms with Gasteiger partial charge in [0.1, 0.15) is 5.75 Å². The maximum absolute atomic E-state index is 12.7. The first-order valence-electron chi connectivity index (χ1n) is 8.19. The standard InChI is InChI=1S/C21H19NO2/c1-14-10-11-20-19(12-14)22(21(23)15(2)24-20)13-17-8-5-7-16-6-3-4-9-18(16)17/h3-12,15H,13H2,1-2H3. The van der Waals surface area contributed by atoms with Crippen molar-refractivity contribution in [3.63, 3.8) is 0 Å². The van der Waals surface area contributed by atoms with Crippen LogP contribution in [0.1, 0.15) is 18.1 Å². The van der Waals surface area contributed by atoms with E-state index in [2.05, 4.69) is 24.3 Å². The molecule has 0 spiro atoms. The van der Waals surface area contributed by atoms with Gasteiger partial charge in [0.15, 0.2) is 6.10 Å². The number of ether oxygens (including phenoxy) is 1. The van der Waals surface area contributed by atoms with Crippen molar-refractivity contribution in [3.8, 4) is 5.75 Å². The summed E-state index contributed by atoms with van der Waals surface area (Å²) in [6.45, 7) is 4.38. The van der Waals surface area contributed by atoms with Crippen LogP contribution in [0.5, 0.6) is 5.75 Å². The second kappa shape index (κ2) is 5.68. The van der Waals surface area contributed by atoms with Gasteiger partial charge in [-0.05, 0) is 47.9 Å². The Hall–Kier alpha value is -2.81. The van der Waals surface area contributed by atoms with Crippen LogP contribution in [0.3, 0.4) is 0 Å². The van der Waals surface area contributed by atoms with E-state index in [0.717, 1.165) is 22.6 Å². The van der Waals surface area contributed by atoms with Gasteiger partial charge in [0.2, 0.25) is 0 Å². The summed E-state index contributed by atoms with van der Waals surface area (Å²) in [6, 6.07) is 20.5. The summed E-state index contributed by atoms with van der Waals surface area (Å²) in [5, 5.41) is 2.37. The molecule has 3 heteroatoms. The quantitative estimate of drug-likeness (QED) is 0.698. The number of amides is 1. The molecule has 0 fully saturated rings. The van der Waals surface area contributed by atoms with Gasteiger partial charge in [-0.3, -0.25) is 4.79 Å². The minimum atomic E-state index is -0.463. The van der Waals surface area contributed by atoms with Gasteiger partial charge in [0.05, 0.1) is 12.2 Å². The number of anilines is 1. The molecule has 0 N–H and O–H groups in total. The second-order valence-corrected chi connectivity index (χ2v) is 6.29. The van der Waals surface area contributed by atoms with E-state index in [1.54, 1.807) is 6.92 Å². The first-order chi connectivity index (χ1) is 11.6. The zero-order chi connectivity index (χ0) is 16.7. The Kier molecular flexibility index (Phi) is 3.49. The van der Waals surface area contributed by atoms with Crippen LogP contribution >= 0.6 is 0 Å². The highest BCUT2D eigenvalue weighted by Crippen LogP contribution is 2.36. The highest BCUT2D eigenvalue weighted by molar-refractivity contribution is 6.00. The van der Waals surface area contributed by atoms with Gasteiger partial charge < -0.3 is 9.64 Å². The fourth-order valence-electron chi connectivity index (χ4n) is 3.28. The van der Waals surface area contributed by atoms with Crippen molar-refractivity contribution in [2.75, 3.05) is 4.90 Å². The topological polar surface area (TPSA) is 29.5 Å². The lowest BCUT2D eigenvalue weighted by molar-refractivity contribution is -0.125. The Morgan fingerprint density at radius 1 is 1.04 bits per heavy atom. The molecule has 0 saturated heterocycles. The molecule has 0 bridgehead atoms. The predicted molar refractivity (Wildman–Crippen MR) is 96.4 cm³/mol. The van der Waals surface area contributed by atoms with Gasteiger partial charge in [-0.15, -0.1) is 0 Å². The number of rotatable bonds is 2. The van der Waals surface area contributed by atoms with E-state index >= 15 is 0 Å². The summed E-state index contributed by atoms with van der Waals surface area (Å²) < 4.78 is 5.76. The summed E-state index contributed by atoms with van der Waals surface area (Å²) >= 11 is 0. The Bertz CT molecular complexity index is 927. The SMILES string of the molecule is Cc1ccc2c(c1)N(Cc1cccc3ccccc13)C(=O)C(C)O2. The van der Waals surface area contributed by atoms with Crippen molar-refractivity contribution in [2.24, 2.45) is 0 Å². The summed E-state index contributed by atoms with van der Waals surface area (Å²) in [4.78, 5) is 14.6. The Morgan fingerprint density at radius 2 is 1.83 bits per heavy atom. The molecular formula is C21H19NO2. The van der Waals surface area contributed by atoms with E-state index < -0.39 is 6.10 Å². The zero-order valence-corrected chi connectivity index (χ0v) is 13.8. The number of hydrogen-bond donors (Lipinski definition) is 0. The maximum atomic E-state index is 12.7. The lowest BCUT2D eigenvalue weighted by Gasteiger charge is -2.33. The van der Waals surface area contributed by atoms with Gasteiger partial charge in [-0.2, -0.15) is 0 Å². The van der Waals surface area contributed by atoms with Crippen molar-refractivity contribution < 1.29 is 9.53 Å². The molecule has 1 atom stereocenters. The largest absolute Gasteiger partial charge is 0.479 e. The van der Waals surface area contributed by atoms with Gasteiger partial charge in [-0.1, -0.05) is 48.5 Å². The third-order valence-electron chi connectivity index (χ3n) is 4.53. The first-order valence-corrected chi connectivity index (χ1v) is 8.19. The summed E-state index contributed by atoms with van der Waals surface area (Å²) in [7, 11) is 0. The molecule has 120 valence electrons. The molecule has 1 unspecified atom stereocenters. The highest BCUT2D eigenvalue weighted by Gasteiger charge is 2.31. The molecular weight excluding hydrogens is 298 g/mol. The molecule has 4 rings (SSSR count). The maximum Gasteiger partial charge on any atom is 0.268 e. The van der Waals surface area contributed by atoms with Crippen LogP contribution in [0.4, 0.5) is 5.69 Å². The lowest BCUT2D eigenvalue weighted by atomic mass is 10.0. The molecule has 3 aromatic carbocycles. The van der Waals surface area contributed by atoms with Gasteiger partial charge in [0, 0.05) is 0 Å². The zero-order valence-electron chi connectivity index (χ0n) is 13.8. The molecule has 1 aliphatic heterocycles. The van der Waals surface area contributed by atoms with Crippen LogP contribution in [0.15, 0.2) is 60.7 Å². The number of carbonyl (C=O) groups excluding carboxylic acids is 1. The third kappa shape index (κ3) is 2.42. The van der Waals surface area contributed by atoms with E-state index in [-0.39, 0.29) is 5.91 Å². The van der Waals surface area contributed by atoms with E-state index in [4.69, 9.17) is 4.74 Å². The molecule has 0 aliphatic carbocycles. The summed E-state index contributed by atoms with van der Waals surface area (Å²) in [5.41, 5.74) is 3.11. The van der Waals surface area contributed by atoms with Crippen LogP contribution in [-0.2, 0) is 11.3 Å². The molecule has 1 heterocycles. The van der Waals surface area contributed by atoms with E-state index in [0.29, 0.717) is 6.54 Å². The summed E-state index contributed by atoms with van der Waals surface area (Å²) in [5.74, 6) is 0.772. The number of fused-ring (bicyclic) bond motifs is 2. The number of carbonyl (C=O) groups is 1. The molecule has 0 radical (unpaired) electrons. The Labute approximate surface area is 141 Å². The fourth-order valence-corrected chi connectivity index (χ4v) is 3.28. The lowest BCUT2D eigenvalue weighted by Crippen LogP contribution is -2.44. The van der Waals surface area contributed by atoms with Crippen molar-refractivity contribution in [2.45, 2.75) is 26.5 Å². The Balaban J connectivity index is 1.81. The van der Waals surface area contributed by atoms with Gasteiger partial charge >= 0.3 is 0 Å². The smallest absolute Gasteiger partial charge is 0.268 e. The molecule has 24 heavy (non-hydrogen) atoms. The molecule has 1 aliphatic rings. The second-order valence-electron chi connectivity index (χ2n) is 6.29. The first kappa shape index (κ1) is 14.8. The van der Waals surface area contributed by atoms with Crippen LogP contribution < -0.4 is 9.64 Å².